The number of rotatable bonds is 2. The summed E-state index contributed by atoms with van der Waals surface area (Å²) in [6.07, 6.45) is 2.80. The Bertz CT molecular complexity index is 406. The Morgan fingerprint density at radius 1 is 0.905 bits per heavy atom. The van der Waals surface area contributed by atoms with Crippen LogP contribution in [0.25, 0.3) is 0 Å². The fraction of sp³-hybridized carbons (Fsp3) is 0.375. The van der Waals surface area contributed by atoms with E-state index < -0.39 is 8.24 Å². The van der Waals surface area contributed by atoms with Gasteiger partial charge in [0.25, 0.3) is 0 Å². The monoisotopic (exact) mass is 385 g/mol. The van der Waals surface area contributed by atoms with Crippen molar-refractivity contribution in [2.75, 3.05) is 13.1 Å². The van der Waals surface area contributed by atoms with Gasteiger partial charge in [-0.1, -0.05) is 13.1 Å². The van der Waals surface area contributed by atoms with E-state index in [4.69, 9.17) is 0 Å². The molecule has 0 radical (unpaired) electrons. The van der Waals surface area contributed by atoms with E-state index >= 15 is 0 Å². The molecule has 1 aliphatic rings. The summed E-state index contributed by atoms with van der Waals surface area (Å²) >= 11 is 0. The van der Waals surface area contributed by atoms with Crippen LogP contribution in [0.15, 0.2) is 54.6 Å². The Kier molecular flexibility index (Phi) is 12.2. The second-order valence-corrected chi connectivity index (χ2v) is 9.72. The van der Waals surface area contributed by atoms with Gasteiger partial charge in [0.05, 0.1) is 8.24 Å². The Morgan fingerprint density at radius 3 is 1.76 bits per heavy atom. The van der Waals surface area contributed by atoms with Crippen molar-refractivity contribution in [1.29, 1.82) is 0 Å². The minimum Gasteiger partial charge on any atom is -1.00 e. The van der Waals surface area contributed by atoms with Crippen LogP contribution < -0.4 is 14.6 Å². The first-order valence-corrected chi connectivity index (χ1v) is 9.80. The normalized spacial score (nSPS) is 14.0. The first kappa shape index (κ1) is 22.9. The molecular weight excluding hydrogens is 363 g/mol. The Hall–Kier alpha value is -0.380. The van der Waals surface area contributed by atoms with Gasteiger partial charge in [-0.05, 0) is 25.9 Å². The molecule has 3 rings (SSSR count). The molecule has 1 fully saturated rings. The molecule has 0 bridgehead atoms. The Labute approximate surface area is 147 Å². The third-order valence-electron chi connectivity index (χ3n) is 3.82. The average molecular weight is 387 g/mol. The van der Waals surface area contributed by atoms with Gasteiger partial charge in [-0.25, -0.2) is 24.3 Å². The molecule has 1 nitrogen and oxygen atoms in total. The molecule has 1 aliphatic heterocycles. The van der Waals surface area contributed by atoms with Crippen molar-refractivity contribution < 1.29 is 35.6 Å². The fourth-order valence-electron chi connectivity index (χ4n) is 2.56. The molecule has 2 aromatic carbocycles. The molecule has 1 heterocycles. The minimum atomic E-state index is -1.26. The quantitative estimate of drug-likeness (QED) is 0.402. The molecule has 0 amide bonds. The van der Waals surface area contributed by atoms with Crippen molar-refractivity contribution in [2.24, 2.45) is 0 Å². The maximum absolute atomic E-state index is 2.72. The van der Waals surface area contributed by atoms with Crippen LogP contribution in [0, 0.1) is 0 Å². The Morgan fingerprint density at radius 2 is 1.38 bits per heavy atom. The van der Waals surface area contributed by atoms with Gasteiger partial charge in [-0.15, -0.1) is 5.19 Å². The maximum Gasteiger partial charge on any atom is 4.00 e. The van der Waals surface area contributed by atoms with E-state index in [1.54, 1.807) is 5.19 Å². The molecule has 21 heavy (non-hydrogen) atoms. The summed E-state index contributed by atoms with van der Waals surface area (Å²) in [7, 11) is -1.26. The van der Waals surface area contributed by atoms with Crippen LogP contribution >= 0.6 is 0 Å². The molecule has 1 saturated heterocycles. The smallest absolute Gasteiger partial charge is 1.00 e. The van der Waals surface area contributed by atoms with Crippen LogP contribution in [0.4, 0.5) is 0 Å². The molecular formula is C16H23F2NSiZr. The van der Waals surface area contributed by atoms with Crippen molar-refractivity contribution in [3.63, 3.8) is 0 Å². The molecule has 0 N–H and O–H groups in total. The summed E-state index contributed by atoms with van der Waals surface area (Å²) in [5, 5.41) is 1.59. The van der Waals surface area contributed by atoms with E-state index in [0.717, 1.165) is 0 Å². The molecule has 114 valence electrons. The van der Waals surface area contributed by atoms with Crippen molar-refractivity contribution in [1.82, 2.24) is 4.57 Å². The number of hydrogen-bond acceptors (Lipinski definition) is 1. The summed E-state index contributed by atoms with van der Waals surface area (Å²) in [6.45, 7) is 7.58. The SMILES string of the molecule is C[Si](C)([c-]1cccc1)N1CCCC1.[F-].[F-].[Zr+4].c1cc[cH-]c1. The molecule has 0 aromatic heterocycles. The number of halogens is 2. The zero-order chi connectivity index (χ0) is 12.8. The first-order chi connectivity index (χ1) is 8.71. The van der Waals surface area contributed by atoms with Gasteiger partial charge in [0, 0.05) is 0 Å². The third-order valence-corrected chi connectivity index (χ3v) is 7.60. The van der Waals surface area contributed by atoms with Gasteiger partial charge < -0.3 is 14.0 Å². The van der Waals surface area contributed by atoms with Crippen LogP contribution in [0.5, 0.6) is 0 Å². The van der Waals surface area contributed by atoms with Crippen molar-refractivity contribution in [3.05, 3.63) is 54.6 Å². The summed E-state index contributed by atoms with van der Waals surface area (Å²) in [6, 6.07) is 18.9. The van der Waals surface area contributed by atoms with Crippen molar-refractivity contribution >= 4 is 13.4 Å². The van der Waals surface area contributed by atoms with Crippen LogP contribution in [-0.2, 0) is 26.2 Å². The zero-order valence-corrected chi connectivity index (χ0v) is 16.2. The molecule has 2 aromatic rings. The predicted octanol–water partition coefficient (Wildman–Crippen LogP) is -2.68. The summed E-state index contributed by atoms with van der Waals surface area (Å²) < 4.78 is 2.72. The van der Waals surface area contributed by atoms with E-state index in [9.17, 15) is 0 Å². The molecule has 0 spiro atoms. The summed E-state index contributed by atoms with van der Waals surface area (Å²) in [5.74, 6) is 0. The van der Waals surface area contributed by atoms with Crippen LogP contribution in [0.3, 0.4) is 0 Å². The van der Waals surface area contributed by atoms with Gasteiger partial charge in [0.15, 0.2) is 0 Å². The maximum atomic E-state index is 2.72. The Balaban J connectivity index is 0. The average Bonchev–Trinajstić information content (AvgIpc) is 3.14. The van der Waals surface area contributed by atoms with Crippen LogP contribution in [0.2, 0.25) is 13.1 Å². The van der Waals surface area contributed by atoms with Gasteiger partial charge in [0.1, 0.15) is 0 Å². The topological polar surface area (TPSA) is 3.24 Å². The standard InChI is InChI=1S/C11H18NSi.C5H5.2FH.Zr/c1-13(2,11-7-3-4-8-11)12-9-5-6-10-12;1-2-4-5-3-1;;;/h3-4,7-8H,5-6,9-10H2,1-2H3;1-5H;2*1H;/q2*-1;;;+4/p-2. The third kappa shape index (κ3) is 6.50. The molecule has 0 aliphatic carbocycles. The van der Waals surface area contributed by atoms with E-state index in [1.165, 1.54) is 25.9 Å². The van der Waals surface area contributed by atoms with E-state index in [0.29, 0.717) is 0 Å². The predicted molar refractivity (Wildman–Crippen MR) is 82.0 cm³/mol. The number of hydrogen-bond donors (Lipinski definition) is 0. The molecule has 5 heteroatoms. The van der Waals surface area contributed by atoms with Gasteiger partial charge in [-0.3, -0.25) is 0 Å². The largest absolute Gasteiger partial charge is 4.00 e. The molecule has 0 unspecified atom stereocenters. The van der Waals surface area contributed by atoms with Crippen molar-refractivity contribution in [3.8, 4) is 0 Å². The van der Waals surface area contributed by atoms with Gasteiger partial charge in [0.2, 0.25) is 0 Å². The van der Waals surface area contributed by atoms with E-state index in [-0.39, 0.29) is 35.6 Å². The second-order valence-electron chi connectivity index (χ2n) is 5.39. The van der Waals surface area contributed by atoms with Gasteiger partial charge >= 0.3 is 26.2 Å². The molecule has 0 saturated carbocycles. The van der Waals surface area contributed by atoms with Crippen molar-refractivity contribution in [2.45, 2.75) is 25.9 Å². The summed E-state index contributed by atoms with van der Waals surface area (Å²) in [5.41, 5.74) is 0. The second kappa shape index (κ2) is 11.2. The van der Waals surface area contributed by atoms with Crippen LogP contribution in [-0.4, -0.2) is 25.9 Å². The van der Waals surface area contributed by atoms with Crippen LogP contribution in [0.1, 0.15) is 12.8 Å². The first-order valence-electron chi connectivity index (χ1n) is 6.85. The van der Waals surface area contributed by atoms with Gasteiger partial charge in [-0.2, -0.15) is 30.3 Å². The minimum absolute atomic E-state index is 0. The fourth-order valence-corrected chi connectivity index (χ4v) is 5.37. The zero-order valence-electron chi connectivity index (χ0n) is 12.7. The van der Waals surface area contributed by atoms with E-state index in [2.05, 4.69) is 41.9 Å². The van der Waals surface area contributed by atoms with E-state index in [1.807, 2.05) is 30.3 Å². The number of nitrogens with zero attached hydrogens (tertiary/aromatic N) is 1. The molecule has 0 atom stereocenters. The summed E-state index contributed by atoms with van der Waals surface area (Å²) in [4.78, 5) is 0.